The fraction of sp³-hybridized carbons (Fsp3) is 0.0714. The summed E-state index contributed by atoms with van der Waals surface area (Å²) in [5, 5.41) is 0. The Morgan fingerprint density at radius 1 is 1.11 bits per heavy atom. The van der Waals surface area contributed by atoms with E-state index in [-0.39, 0.29) is 0 Å². The maximum absolute atomic E-state index is 5.73. The van der Waals surface area contributed by atoms with Gasteiger partial charge in [0.05, 0.1) is 10.2 Å². The molecule has 0 aliphatic carbocycles. The molecule has 3 nitrogen and oxygen atoms in total. The maximum Gasteiger partial charge on any atom is 0.137 e. The number of pyridine rings is 1. The molecule has 0 spiro atoms. The van der Waals surface area contributed by atoms with Crippen LogP contribution in [0.4, 0.5) is 0 Å². The van der Waals surface area contributed by atoms with Crippen LogP contribution >= 0.6 is 15.9 Å². The number of rotatable bonds is 3. The van der Waals surface area contributed by atoms with Crippen molar-refractivity contribution in [3.05, 3.63) is 65.0 Å². The van der Waals surface area contributed by atoms with Crippen molar-refractivity contribution in [2.75, 3.05) is 0 Å². The minimum Gasteiger partial charge on any atom is -0.486 e. The first kappa shape index (κ1) is 11.3. The van der Waals surface area contributed by atoms with E-state index in [1.807, 2.05) is 59.3 Å². The van der Waals surface area contributed by atoms with Crippen LogP contribution in [0, 0.1) is 0 Å². The minimum atomic E-state index is 0.463. The van der Waals surface area contributed by atoms with Crippen LogP contribution in [0.1, 0.15) is 5.69 Å². The van der Waals surface area contributed by atoms with Crippen molar-refractivity contribution >= 4 is 21.6 Å². The lowest BCUT2D eigenvalue weighted by Gasteiger charge is -2.05. The van der Waals surface area contributed by atoms with Gasteiger partial charge in [-0.3, -0.25) is 0 Å². The predicted molar refractivity (Wildman–Crippen MR) is 73.7 cm³/mol. The SMILES string of the molecule is Brc1ccccc1OCc1cn2ccccc2n1. The van der Waals surface area contributed by atoms with Crippen molar-refractivity contribution in [1.29, 1.82) is 0 Å². The molecule has 0 bridgehead atoms. The van der Waals surface area contributed by atoms with E-state index in [0.717, 1.165) is 21.6 Å². The molecule has 0 aliphatic rings. The molecule has 3 aromatic rings. The molecule has 0 aliphatic heterocycles. The Hall–Kier alpha value is -1.81. The molecule has 90 valence electrons. The lowest BCUT2D eigenvalue weighted by Crippen LogP contribution is -1.95. The van der Waals surface area contributed by atoms with Gasteiger partial charge in [0.1, 0.15) is 18.0 Å². The normalized spacial score (nSPS) is 10.7. The molecule has 0 radical (unpaired) electrons. The van der Waals surface area contributed by atoms with Gasteiger partial charge in [0.15, 0.2) is 0 Å². The fourth-order valence-electron chi connectivity index (χ4n) is 1.77. The van der Waals surface area contributed by atoms with Crippen LogP contribution in [0.25, 0.3) is 5.65 Å². The van der Waals surface area contributed by atoms with Crippen molar-refractivity contribution in [3.63, 3.8) is 0 Å². The summed E-state index contributed by atoms with van der Waals surface area (Å²) < 4.78 is 8.67. The Labute approximate surface area is 113 Å². The number of fused-ring (bicyclic) bond motifs is 1. The number of hydrogen-bond donors (Lipinski definition) is 0. The van der Waals surface area contributed by atoms with Crippen LogP contribution in [0.5, 0.6) is 5.75 Å². The first-order chi connectivity index (χ1) is 8.83. The van der Waals surface area contributed by atoms with E-state index in [1.54, 1.807) is 0 Å². The molecule has 0 atom stereocenters. The average molecular weight is 303 g/mol. The molecular weight excluding hydrogens is 292 g/mol. The second kappa shape index (κ2) is 4.82. The summed E-state index contributed by atoms with van der Waals surface area (Å²) in [5.41, 5.74) is 1.85. The van der Waals surface area contributed by atoms with Gasteiger partial charge < -0.3 is 9.14 Å². The molecule has 0 unspecified atom stereocenters. The number of aromatic nitrogens is 2. The van der Waals surface area contributed by atoms with Gasteiger partial charge in [0.2, 0.25) is 0 Å². The second-order valence-corrected chi connectivity index (χ2v) is 4.77. The Kier molecular flexibility index (Phi) is 3.02. The molecule has 0 amide bonds. The predicted octanol–water partition coefficient (Wildman–Crippen LogP) is 3.68. The lowest BCUT2D eigenvalue weighted by atomic mass is 10.3. The molecule has 18 heavy (non-hydrogen) atoms. The standard InChI is InChI=1S/C14H11BrN2O/c15-12-5-1-2-6-13(12)18-10-11-9-17-8-4-3-7-14(17)16-11/h1-9H,10H2. The Balaban J connectivity index is 1.79. The molecule has 0 N–H and O–H groups in total. The van der Waals surface area contributed by atoms with Crippen LogP contribution in [-0.2, 0) is 6.61 Å². The van der Waals surface area contributed by atoms with E-state index >= 15 is 0 Å². The first-order valence-electron chi connectivity index (χ1n) is 5.63. The zero-order chi connectivity index (χ0) is 12.4. The van der Waals surface area contributed by atoms with Gasteiger partial charge in [-0.25, -0.2) is 4.98 Å². The third kappa shape index (κ3) is 2.24. The third-order valence-electron chi connectivity index (χ3n) is 2.63. The number of benzene rings is 1. The van der Waals surface area contributed by atoms with E-state index in [2.05, 4.69) is 20.9 Å². The summed E-state index contributed by atoms with van der Waals surface area (Å²) in [7, 11) is 0. The largest absolute Gasteiger partial charge is 0.486 e. The molecule has 0 fully saturated rings. The highest BCUT2D eigenvalue weighted by Gasteiger charge is 2.03. The molecule has 3 rings (SSSR count). The van der Waals surface area contributed by atoms with Crippen LogP contribution in [0.15, 0.2) is 59.3 Å². The molecular formula is C14H11BrN2O. The van der Waals surface area contributed by atoms with Crippen molar-refractivity contribution in [2.45, 2.75) is 6.61 Å². The molecule has 0 saturated carbocycles. The van der Waals surface area contributed by atoms with Crippen LogP contribution in [-0.4, -0.2) is 9.38 Å². The maximum atomic E-state index is 5.73. The highest BCUT2D eigenvalue weighted by Crippen LogP contribution is 2.24. The smallest absolute Gasteiger partial charge is 0.137 e. The summed E-state index contributed by atoms with van der Waals surface area (Å²) in [4.78, 5) is 4.48. The molecule has 4 heteroatoms. The quantitative estimate of drug-likeness (QED) is 0.738. The van der Waals surface area contributed by atoms with Gasteiger partial charge in [-0.1, -0.05) is 18.2 Å². The number of nitrogens with zero attached hydrogens (tertiary/aromatic N) is 2. The Bertz CT molecular complexity index is 645. The average Bonchev–Trinajstić information content (AvgIpc) is 2.80. The molecule has 0 saturated heterocycles. The van der Waals surface area contributed by atoms with Gasteiger partial charge >= 0.3 is 0 Å². The highest BCUT2D eigenvalue weighted by molar-refractivity contribution is 9.10. The van der Waals surface area contributed by atoms with Crippen molar-refractivity contribution < 1.29 is 4.74 Å². The van der Waals surface area contributed by atoms with E-state index in [1.165, 1.54) is 0 Å². The highest BCUT2D eigenvalue weighted by atomic mass is 79.9. The number of halogens is 1. The van der Waals surface area contributed by atoms with Gasteiger partial charge in [0, 0.05) is 12.4 Å². The Morgan fingerprint density at radius 2 is 1.94 bits per heavy atom. The number of para-hydroxylation sites is 1. The van der Waals surface area contributed by atoms with Gasteiger partial charge in [-0.05, 0) is 40.2 Å². The first-order valence-corrected chi connectivity index (χ1v) is 6.42. The topological polar surface area (TPSA) is 26.5 Å². The van der Waals surface area contributed by atoms with Crippen LogP contribution < -0.4 is 4.74 Å². The monoisotopic (exact) mass is 302 g/mol. The van der Waals surface area contributed by atoms with Crippen LogP contribution in [0.3, 0.4) is 0 Å². The third-order valence-corrected chi connectivity index (χ3v) is 3.28. The van der Waals surface area contributed by atoms with Crippen molar-refractivity contribution in [3.8, 4) is 5.75 Å². The van der Waals surface area contributed by atoms with Crippen LogP contribution in [0.2, 0.25) is 0 Å². The number of hydrogen-bond acceptors (Lipinski definition) is 2. The summed E-state index contributed by atoms with van der Waals surface area (Å²) in [5.74, 6) is 0.828. The van der Waals surface area contributed by atoms with Gasteiger partial charge in [-0.2, -0.15) is 0 Å². The lowest BCUT2D eigenvalue weighted by molar-refractivity contribution is 0.300. The van der Waals surface area contributed by atoms with Crippen molar-refractivity contribution in [1.82, 2.24) is 9.38 Å². The second-order valence-electron chi connectivity index (χ2n) is 3.92. The molecule has 2 heterocycles. The van der Waals surface area contributed by atoms with E-state index in [4.69, 9.17) is 4.74 Å². The summed E-state index contributed by atoms with van der Waals surface area (Å²) in [6.45, 7) is 0.463. The number of imidazole rings is 1. The zero-order valence-corrected chi connectivity index (χ0v) is 11.2. The minimum absolute atomic E-state index is 0.463. The fourth-order valence-corrected chi connectivity index (χ4v) is 2.17. The Morgan fingerprint density at radius 3 is 2.78 bits per heavy atom. The zero-order valence-electron chi connectivity index (χ0n) is 9.58. The number of ether oxygens (including phenoxy) is 1. The summed E-state index contributed by atoms with van der Waals surface area (Å²) in [6.07, 6.45) is 3.95. The molecule has 2 aromatic heterocycles. The van der Waals surface area contributed by atoms with E-state index in [0.29, 0.717) is 6.61 Å². The van der Waals surface area contributed by atoms with Gasteiger partial charge in [-0.15, -0.1) is 0 Å². The van der Waals surface area contributed by atoms with Gasteiger partial charge in [0.25, 0.3) is 0 Å². The summed E-state index contributed by atoms with van der Waals surface area (Å²) >= 11 is 3.45. The molecule has 1 aromatic carbocycles. The van der Waals surface area contributed by atoms with Crippen molar-refractivity contribution in [2.24, 2.45) is 0 Å². The summed E-state index contributed by atoms with van der Waals surface area (Å²) in [6, 6.07) is 13.7. The van der Waals surface area contributed by atoms with E-state index in [9.17, 15) is 0 Å². The van der Waals surface area contributed by atoms with E-state index < -0.39 is 0 Å².